The topological polar surface area (TPSA) is 43.1 Å². The average Bonchev–Trinajstić information content (AvgIpc) is 1.81. The van der Waals surface area contributed by atoms with Gasteiger partial charge in [0.25, 0.3) is 0 Å². The van der Waals surface area contributed by atoms with Crippen molar-refractivity contribution in [3.05, 3.63) is 6.08 Å². The Morgan fingerprint density at radius 3 is 2.75 bits per heavy atom. The maximum atomic E-state index is 9.56. The van der Waals surface area contributed by atoms with Gasteiger partial charge < -0.3 is 5.73 Å². The molecule has 0 heterocycles. The molecule has 0 bridgehead atoms. The number of nitrogens with two attached hydrogens (primary N) is 1. The third kappa shape index (κ3) is 5.41. The van der Waals surface area contributed by atoms with E-state index in [0.717, 1.165) is 19.3 Å². The fraction of sp³-hybridized carbons (Fsp3) is 0.667. The van der Waals surface area contributed by atoms with E-state index in [1.165, 1.54) is 6.08 Å². The lowest BCUT2D eigenvalue weighted by atomic mass is 10.2. The molecule has 0 rings (SSSR count). The number of hydrogen-bond acceptors (Lipinski definition) is 2. The van der Waals surface area contributed by atoms with Crippen LogP contribution >= 0.6 is 0 Å². The van der Waals surface area contributed by atoms with Crippen LogP contribution in [0.15, 0.2) is 6.08 Å². The number of hydrogen-bond donors (Lipinski definition) is 1. The highest BCUT2D eigenvalue weighted by atomic mass is 16.1. The molecule has 0 unspecified atom stereocenters. The van der Waals surface area contributed by atoms with Gasteiger partial charge in [-0.1, -0.05) is 0 Å². The third-order valence-corrected chi connectivity index (χ3v) is 0.886. The Hall–Kier alpha value is -0.590. The molecule has 8 heavy (non-hydrogen) atoms. The first-order valence-electron chi connectivity index (χ1n) is 2.81. The molecule has 2 heteroatoms. The van der Waals surface area contributed by atoms with Crippen molar-refractivity contribution in [2.24, 2.45) is 5.73 Å². The van der Waals surface area contributed by atoms with Crippen molar-refractivity contribution in [2.75, 3.05) is 6.54 Å². The zero-order valence-electron chi connectivity index (χ0n) is 4.89. The minimum atomic E-state index is 0.715. The van der Waals surface area contributed by atoms with E-state index in [0.29, 0.717) is 6.54 Å². The second-order valence-electron chi connectivity index (χ2n) is 1.61. The van der Waals surface area contributed by atoms with Crippen molar-refractivity contribution in [3.8, 4) is 0 Å². The maximum Gasteiger partial charge on any atom is 0.120 e. The van der Waals surface area contributed by atoms with Gasteiger partial charge in [0.2, 0.25) is 0 Å². The van der Waals surface area contributed by atoms with Crippen LogP contribution in [-0.4, -0.2) is 12.5 Å². The highest BCUT2D eigenvalue weighted by Gasteiger charge is 1.79. The first kappa shape index (κ1) is 7.41. The van der Waals surface area contributed by atoms with Crippen molar-refractivity contribution in [1.82, 2.24) is 0 Å². The van der Waals surface area contributed by atoms with Gasteiger partial charge >= 0.3 is 0 Å². The molecule has 0 aromatic rings. The first-order valence-corrected chi connectivity index (χ1v) is 2.81. The molecule has 2 N–H and O–H groups in total. The van der Waals surface area contributed by atoms with Crippen LogP contribution in [0.1, 0.15) is 19.3 Å². The summed E-state index contributed by atoms with van der Waals surface area (Å²) in [5.74, 6) is 1.71. The van der Waals surface area contributed by atoms with Crippen molar-refractivity contribution in [3.63, 3.8) is 0 Å². The Morgan fingerprint density at radius 1 is 1.50 bits per heavy atom. The molecule has 0 aliphatic rings. The van der Waals surface area contributed by atoms with Crippen LogP contribution in [0.2, 0.25) is 0 Å². The summed E-state index contributed by atoms with van der Waals surface area (Å²) in [5.41, 5.74) is 5.20. The molecular formula is C6H11NO. The molecule has 0 radical (unpaired) electrons. The molecule has 2 nitrogen and oxygen atoms in total. The zero-order valence-corrected chi connectivity index (χ0v) is 4.89. The smallest absolute Gasteiger partial charge is 0.120 e. The summed E-state index contributed by atoms with van der Waals surface area (Å²) in [7, 11) is 0. The van der Waals surface area contributed by atoms with Gasteiger partial charge in [-0.25, -0.2) is 4.79 Å². The summed E-state index contributed by atoms with van der Waals surface area (Å²) in [5, 5.41) is 0. The van der Waals surface area contributed by atoms with Gasteiger partial charge in [-0.2, -0.15) is 0 Å². The minimum Gasteiger partial charge on any atom is -0.330 e. The second kappa shape index (κ2) is 6.41. The summed E-state index contributed by atoms with van der Waals surface area (Å²) in [6, 6.07) is 0. The van der Waals surface area contributed by atoms with Gasteiger partial charge in [0, 0.05) is 0 Å². The van der Waals surface area contributed by atoms with Crippen LogP contribution in [0.4, 0.5) is 0 Å². The molecule has 0 saturated heterocycles. The Bertz CT molecular complexity index is 84.5. The fourth-order valence-corrected chi connectivity index (χ4v) is 0.450. The highest BCUT2D eigenvalue weighted by Crippen LogP contribution is 1.91. The van der Waals surface area contributed by atoms with E-state index in [-0.39, 0.29) is 0 Å². The van der Waals surface area contributed by atoms with E-state index in [4.69, 9.17) is 5.73 Å². The molecule has 0 atom stereocenters. The molecule has 0 aliphatic heterocycles. The number of carbonyl (C=O) groups excluding carboxylic acids is 1. The molecule has 0 aromatic heterocycles. The Morgan fingerprint density at radius 2 is 2.25 bits per heavy atom. The van der Waals surface area contributed by atoms with Crippen LogP contribution < -0.4 is 5.73 Å². The predicted octanol–water partition coefficient (Wildman–Crippen LogP) is 0.503. The van der Waals surface area contributed by atoms with Gasteiger partial charge in [-0.3, -0.25) is 0 Å². The molecule has 0 amide bonds. The van der Waals surface area contributed by atoms with E-state index in [9.17, 15) is 4.79 Å². The summed E-state index contributed by atoms with van der Waals surface area (Å²) < 4.78 is 0. The number of unbranched alkanes of at least 4 members (excludes halogenated alkanes) is 2. The quantitative estimate of drug-likeness (QED) is 0.426. The number of allylic oxidation sites excluding steroid dienone is 1. The zero-order chi connectivity index (χ0) is 6.24. The Labute approximate surface area is 49.4 Å². The van der Waals surface area contributed by atoms with E-state index in [1.807, 2.05) is 0 Å². The largest absolute Gasteiger partial charge is 0.330 e. The molecule has 0 fully saturated rings. The molecular weight excluding hydrogens is 102 g/mol. The average molecular weight is 113 g/mol. The lowest BCUT2D eigenvalue weighted by molar-refractivity contribution is 0.567. The van der Waals surface area contributed by atoms with Crippen LogP contribution in [0.3, 0.4) is 0 Å². The normalized spacial score (nSPS) is 8.12. The van der Waals surface area contributed by atoms with E-state index in [1.54, 1.807) is 5.94 Å². The van der Waals surface area contributed by atoms with E-state index < -0.39 is 0 Å². The van der Waals surface area contributed by atoms with Gasteiger partial charge in [0.1, 0.15) is 5.94 Å². The first-order chi connectivity index (χ1) is 3.91. The summed E-state index contributed by atoms with van der Waals surface area (Å²) in [6.45, 7) is 0.715. The molecule has 0 aliphatic carbocycles. The Balaban J connectivity index is 2.82. The van der Waals surface area contributed by atoms with Gasteiger partial charge in [0.15, 0.2) is 0 Å². The van der Waals surface area contributed by atoms with Crippen molar-refractivity contribution in [2.45, 2.75) is 19.3 Å². The van der Waals surface area contributed by atoms with Crippen molar-refractivity contribution < 1.29 is 4.79 Å². The monoisotopic (exact) mass is 113 g/mol. The lowest BCUT2D eigenvalue weighted by Crippen LogP contribution is -1.96. The summed E-state index contributed by atoms with van der Waals surface area (Å²) in [4.78, 5) is 9.56. The van der Waals surface area contributed by atoms with Gasteiger partial charge in [-0.15, -0.1) is 0 Å². The maximum absolute atomic E-state index is 9.56. The minimum absolute atomic E-state index is 0.715. The standard InChI is InChI=1S/C6H11NO/c7-5-3-1-2-4-6-8/h4H,1-3,5,7H2. The molecule has 46 valence electrons. The van der Waals surface area contributed by atoms with Crippen LogP contribution in [0.25, 0.3) is 0 Å². The Kier molecular flexibility index (Phi) is 5.94. The SMILES string of the molecule is NCCCCC=C=O. The molecule has 0 aromatic carbocycles. The summed E-state index contributed by atoms with van der Waals surface area (Å²) >= 11 is 0. The number of rotatable bonds is 4. The molecule has 0 spiro atoms. The molecule has 0 saturated carbocycles. The van der Waals surface area contributed by atoms with Crippen molar-refractivity contribution >= 4 is 5.94 Å². The van der Waals surface area contributed by atoms with E-state index in [2.05, 4.69) is 0 Å². The van der Waals surface area contributed by atoms with Crippen LogP contribution in [0.5, 0.6) is 0 Å². The van der Waals surface area contributed by atoms with Gasteiger partial charge in [0.05, 0.1) is 0 Å². The predicted molar refractivity (Wildman–Crippen MR) is 33.2 cm³/mol. The van der Waals surface area contributed by atoms with Crippen LogP contribution in [0, 0.1) is 0 Å². The third-order valence-electron chi connectivity index (χ3n) is 0.886. The van der Waals surface area contributed by atoms with Crippen molar-refractivity contribution in [1.29, 1.82) is 0 Å². The summed E-state index contributed by atoms with van der Waals surface area (Å²) in [6.07, 6.45) is 4.32. The van der Waals surface area contributed by atoms with E-state index >= 15 is 0 Å². The lowest BCUT2D eigenvalue weighted by Gasteiger charge is -1.87. The highest BCUT2D eigenvalue weighted by molar-refractivity contribution is 5.44. The second-order valence-corrected chi connectivity index (χ2v) is 1.61. The van der Waals surface area contributed by atoms with Gasteiger partial charge in [-0.05, 0) is 31.9 Å². The fourth-order valence-electron chi connectivity index (χ4n) is 0.450. The van der Waals surface area contributed by atoms with Crippen LogP contribution in [-0.2, 0) is 4.79 Å².